The molecule has 0 aliphatic rings. The van der Waals surface area contributed by atoms with Crippen molar-refractivity contribution in [2.45, 2.75) is 25.5 Å². The number of rotatable bonds is 6. The summed E-state index contributed by atoms with van der Waals surface area (Å²) in [6.07, 6.45) is 3.74. The minimum absolute atomic E-state index is 0.134. The standard InChI is InChI=1S/C13H21N3OS/c1-5-14-12(17)11-8-10(6-7-15-11)16-9-13(2,3)18-4/h6-8H,5,9H2,1-4H3,(H,14,17)(H,15,16). The van der Waals surface area contributed by atoms with Gasteiger partial charge in [-0.3, -0.25) is 9.78 Å². The Labute approximate surface area is 113 Å². The average molecular weight is 267 g/mol. The van der Waals surface area contributed by atoms with Crippen molar-refractivity contribution in [3.8, 4) is 0 Å². The number of carbonyl (C=O) groups excluding carboxylic acids is 1. The number of aromatic nitrogens is 1. The molecule has 18 heavy (non-hydrogen) atoms. The van der Waals surface area contributed by atoms with Gasteiger partial charge in [0.15, 0.2) is 0 Å². The van der Waals surface area contributed by atoms with Crippen LogP contribution in [0.2, 0.25) is 0 Å². The van der Waals surface area contributed by atoms with Crippen molar-refractivity contribution in [3.05, 3.63) is 24.0 Å². The van der Waals surface area contributed by atoms with E-state index in [1.807, 2.05) is 24.8 Å². The monoisotopic (exact) mass is 267 g/mol. The highest BCUT2D eigenvalue weighted by atomic mass is 32.2. The van der Waals surface area contributed by atoms with E-state index < -0.39 is 0 Å². The van der Waals surface area contributed by atoms with E-state index in [0.29, 0.717) is 12.2 Å². The topological polar surface area (TPSA) is 54.0 Å². The van der Waals surface area contributed by atoms with Gasteiger partial charge in [0.05, 0.1) is 0 Å². The molecule has 0 atom stereocenters. The van der Waals surface area contributed by atoms with Gasteiger partial charge in [0.25, 0.3) is 5.91 Å². The van der Waals surface area contributed by atoms with Gasteiger partial charge < -0.3 is 10.6 Å². The maximum atomic E-state index is 11.6. The predicted octanol–water partition coefficient (Wildman–Crippen LogP) is 2.38. The molecular weight excluding hydrogens is 246 g/mol. The van der Waals surface area contributed by atoms with Crippen LogP contribution in [0.5, 0.6) is 0 Å². The second-order valence-corrected chi connectivity index (χ2v) is 6.12. The van der Waals surface area contributed by atoms with E-state index in [2.05, 4.69) is 35.7 Å². The molecule has 0 aliphatic heterocycles. The second kappa shape index (κ2) is 6.64. The van der Waals surface area contributed by atoms with Gasteiger partial charge in [-0.15, -0.1) is 0 Å². The van der Waals surface area contributed by atoms with Crippen LogP contribution in [0, 0.1) is 0 Å². The first-order valence-electron chi connectivity index (χ1n) is 6.02. The van der Waals surface area contributed by atoms with Crippen LogP contribution in [-0.2, 0) is 0 Å². The van der Waals surface area contributed by atoms with Crippen LogP contribution in [0.15, 0.2) is 18.3 Å². The van der Waals surface area contributed by atoms with Crippen molar-refractivity contribution in [1.82, 2.24) is 10.3 Å². The molecule has 1 amide bonds. The number of hydrogen-bond acceptors (Lipinski definition) is 4. The molecule has 1 rings (SSSR count). The smallest absolute Gasteiger partial charge is 0.269 e. The predicted molar refractivity (Wildman–Crippen MR) is 78.3 cm³/mol. The van der Waals surface area contributed by atoms with Gasteiger partial charge in [0.2, 0.25) is 0 Å². The highest BCUT2D eigenvalue weighted by Gasteiger charge is 2.15. The lowest BCUT2D eigenvalue weighted by Crippen LogP contribution is -2.26. The van der Waals surface area contributed by atoms with E-state index in [9.17, 15) is 4.79 Å². The molecule has 2 N–H and O–H groups in total. The molecule has 5 heteroatoms. The maximum Gasteiger partial charge on any atom is 0.269 e. The lowest BCUT2D eigenvalue weighted by molar-refractivity contribution is 0.0951. The first kappa shape index (κ1) is 14.8. The lowest BCUT2D eigenvalue weighted by atomic mass is 10.2. The largest absolute Gasteiger partial charge is 0.384 e. The number of carbonyl (C=O) groups is 1. The Bertz CT molecular complexity index is 407. The number of thioether (sulfide) groups is 1. The summed E-state index contributed by atoms with van der Waals surface area (Å²) in [7, 11) is 0. The van der Waals surface area contributed by atoms with Crippen LogP contribution in [0.3, 0.4) is 0 Å². The zero-order chi connectivity index (χ0) is 13.6. The summed E-state index contributed by atoms with van der Waals surface area (Å²) in [4.78, 5) is 15.7. The van der Waals surface area contributed by atoms with Gasteiger partial charge in [0.1, 0.15) is 5.69 Å². The number of pyridine rings is 1. The van der Waals surface area contributed by atoms with Gasteiger partial charge in [-0.25, -0.2) is 0 Å². The third-order valence-electron chi connectivity index (χ3n) is 2.60. The fourth-order valence-corrected chi connectivity index (χ4v) is 1.52. The van der Waals surface area contributed by atoms with E-state index >= 15 is 0 Å². The molecule has 0 bridgehead atoms. The Morgan fingerprint density at radius 2 is 2.22 bits per heavy atom. The molecule has 0 saturated heterocycles. The molecule has 0 saturated carbocycles. The normalized spacial score (nSPS) is 11.1. The minimum atomic E-state index is -0.134. The third kappa shape index (κ3) is 4.56. The summed E-state index contributed by atoms with van der Waals surface area (Å²) in [5.74, 6) is -0.134. The summed E-state index contributed by atoms with van der Waals surface area (Å²) in [6.45, 7) is 7.69. The summed E-state index contributed by atoms with van der Waals surface area (Å²) in [5, 5.41) is 6.07. The molecule has 4 nitrogen and oxygen atoms in total. The molecule has 0 fully saturated rings. The summed E-state index contributed by atoms with van der Waals surface area (Å²) >= 11 is 1.81. The van der Waals surface area contributed by atoms with Crippen LogP contribution in [0.1, 0.15) is 31.3 Å². The molecule has 1 aromatic rings. The zero-order valence-electron chi connectivity index (χ0n) is 11.4. The van der Waals surface area contributed by atoms with Crippen molar-refractivity contribution in [2.24, 2.45) is 0 Å². The molecule has 100 valence electrons. The van der Waals surface area contributed by atoms with Gasteiger partial charge in [-0.2, -0.15) is 11.8 Å². The van der Waals surface area contributed by atoms with Crippen LogP contribution < -0.4 is 10.6 Å². The van der Waals surface area contributed by atoms with Gasteiger partial charge in [-0.1, -0.05) is 0 Å². The molecule has 0 aliphatic carbocycles. The second-order valence-electron chi connectivity index (χ2n) is 4.61. The van der Waals surface area contributed by atoms with Crippen LogP contribution in [0.25, 0.3) is 0 Å². The lowest BCUT2D eigenvalue weighted by Gasteiger charge is -2.23. The Kier molecular flexibility index (Phi) is 5.47. The van der Waals surface area contributed by atoms with E-state index in [4.69, 9.17) is 0 Å². The number of nitrogens with one attached hydrogen (secondary N) is 2. The van der Waals surface area contributed by atoms with Gasteiger partial charge in [-0.05, 0) is 39.2 Å². The van der Waals surface area contributed by atoms with Crippen LogP contribution in [-0.4, -0.2) is 35.0 Å². The van der Waals surface area contributed by atoms with Crippen molar-refractivity contribution < 1.29 is 4.79 Å². The van der Waals surface area contributed by atoms with Crippen molar-refractivity contribution in [1.29, 1.82) is 0 Å². The average Bonchev–Trinajstić information content (AvgIpc) is 2.37. The molecule has 0 aromatic carbocycles. The fourth-order valence-electron chi connectivity index (χ4n) is 1.30. The summed E-state index contributed by atoms with van der Waals surface area (Å²) in [6, 6.07) is 3.65. The van der Waals surface area contributed by atoms with E-state index in [0.717, 1.165) is 12.2 Å². The Hall–Kier alpha value is -1.23. The van der Waals surface area contributed by atoms with Gasteiger partial charge >= 0.3 is 0 Å². The summed E-state index contributed by atoms with van der Waals surface area (Å²) < 4.78 is 0.162. The number of nitrogens with zero attached hydrogens (tertiary/aromatic N) is 1. The van der Waals surface area contributed by atoms with E-state index in [-0.39, 0.29) is 10.7 Å². The molecule has 1 heterocycles. The molecule has 0 radical (unpaired) electrons. The Morgan fingerprint density at radius 3 is 2.83 bits per heavy atom. The molecule has 0 spiro atoms. The number of hydrogen-bond donors (Lipinski definition) is 2. The zero-order valence-corrected chi connectivity index (χ0v) is 12.2. The van der Waals surface area contributed by atoms with E-state index in [1.54, 1.807) is 12.3 Å². The van der Waals surface area contributed by atoms with E-state index in [1.165, 1.54) is 0 Å². The molecular formula is C13H21N3OS. The summed E-state index contributed by atoms with van der Waals surface area (Å²) in [5.41, 5.74) is 1.37. The Balaban J connectivity index is 2.68. The SMILES string of the molecule is CCNC(=O)c1cc(NCC(C)(C)SC)ccn1. The van der Waals surface area contributed by atoms with Crippen LogP contribution in [0.4, 0.5) is 5.69 Å². The quantitative estimate of drug-likeness (QED) is 0.831. The molecule has 1 aromatic heterocycles. The maximum absolute atomic E-state index is 11.6. The van der Waals surface area contributed by atoms with Crippen LogP contribution >= 0.6 is 11.8 Å². The number of amides is 1. The van der Waals surface area contributed by atoms with Gasteiger partial charge in [0, 0.05) is 29.7 Å². The van der Waals surface area contributed by atoms with Crippen molar-refractivity contribution in [3.63, 3.8) is 0 Å². The fraction of sp³-hybridized carbons (Fsp3) is 0.538. The van der Waals surface area contributed by atoms with Crippen molar-refractivity contribution in [2.75, 3.05) is 24.7 Å². The third-order valence-corrected chi connectivity index (χ3v) is 3.85. The minimum Gasteiger partial charge on any atom is -0.384 e. The highest BCUT2D eigenvalue weighted by Crippen LogP contribution is 2.21. The number of anilines is 1. The first-order chi connectivity index (χ1) is 8.48. The first-order valence-corrected chi connectivity index (χ1v) is 7.24. The van der Waals surface area contributed by atoms with Crippen molar-refractivity contribution >= 4 is 23.4 Å². The Morgan fingerprint density at radius 1 is 1.50 bits per heavy atom. The highest BCUT2D eigenvalue weighted by molar-refractivity contribution is 7.99. The molecule has 0 unspecified atom stereocenters.